The molecule has 0 spiro atoms. The van der Waals surface area contributed by atoms with Gasteiger partial charge >= 0.3 is 12.1 Å². The lowest BCUT2D eigenvalue weighted by Crippen LogP contribution is -2.38. The zero-order valence-corrected chi connectivity index (χ0v) is 15.4. The number of nitrogens with one attached hydrogen (secondary N) is 1. The van der Waals surface area contributed by atoms with E-state index in [2.05, 4.69) is 21.0 Å². The summed E-state index contributed by atoms with van der Waals surface area (Å²) >= 11 is 4.72. The number of benzene rings is 1. The molecule has 10 heteroatoms. The van der Waals surface area contributed by atoms with E-state index in [9.17, 15) is 22.4 Å². The minimum Gasteiger partial charge on any atom is -0.346 e. The van der Waals surface area contributed by atoms with Gasteiger partial charge < -0.3 is 5.32 Å². The number of alkyl halides is 4. The smallest absolute Gasteiger partial charge is 0.346 e. The first-order chi connectivity index (χ1) is 11.7. The lowest BCUT2D eigenvalue weighted by atomic mass is 10.3. The van der Waals surface area contributed by atoms with Gasteiger partial charge in [-0.2, -0.15) is 18.3 Å². The van der Waals surface area contributed by atoms with Crippen molar-refractivity contribution in [2.75, 3.05) is 6.54 Å². The number of carbonyl (C=O) groups excluding carboxylic acids is 1. The Balaban J connectivity index is 2.09. The molecular formula is C15H14BrF4N3OS. The van der Waals surface area contributed by atoms with E-state index in [1.165, 1.54) is 23.9 Å². The summed E-state index contributed by atoms with van der Waals surface area (Å²) in [5.74, 6) is -2.31. The van der Waals surface area contributed by atoms with Crippen LogP contribution in [0.25, 0.3) is 0 Å². The molecule has 0 unspecified atom stereocenters. The predicted octanol–water partition coefficient (Wildman–Crippen LogP) is 4.06. The molecule has 25 heavy (non-hydrogen) atoms. The van der Waals surface area contributed by atoms with E-state index in [0.717, 1.165) is 15.5 Å². The summed E-state index contributed by atoms with van der Waals surface area (Å²) in [6, 6.07) is 5.97. The van der Waals surface area contributed by atoms with Crippen LogP contribution in [0, 0.1) is 12.7 Å². The molecule has 2 rings (SSSR count). The first-order valence-electron chi connectivity index (χ1n) is 7.13. The Morgan fingerprint density at radius 1 is 1.32 bits per heavy atom. The highest BCUT2D eigenvalue weighted by Gasteiger charge is 2.38. The van der Waals surface area contributed by atoms with Crippen molar-refractivity contribution in [2.45, 2.75) is 34.8 Å². The van der Waals surface area contributed by atoms with Crippen LogP contribution >= 0.6 is 27.7 Å². The van der Waals surface area contributed by atoms with Crippen molar-refractivity contribution in [3.8, 4) is 0 Å². The molecule has 2 aromatic rings. The average Bonchev–Trinajstić information content (AvgIpc) is 2.85. The topological polar surface area (TPSA) is 46.9 Å². The second kappa shape index (κ2) is 8.22. The molecule has 1 aromatic carbocycles. The van der Waals surface area contributed by atoms with Gasteiger partial charge in [0.15, 0.2) is 0 Å². The second-order valence-electron chi connectivity index (χ2n) is 5.03. The van der Waals surface area contributed by atoms with Gasteiger partial charge in [-0.05, 0) is 31.2 Å². The molecule has 0 aliphatic rings. The second-order valence-corrected chi connectivity index (χ2v) is 6.67. The van der Waals surface area contributed by atoms with Crippen LogP contribution in [0.4, 0.5) is 17.6 Å². The number of hydrogen-bond donors (Lipinski definition) is 1. The molecule has 0 fully saturated rings. The van der Waals surface area contributed by atoms with Crippen molar-refractivity contribution in [3.63, 3.8) is 0 Å². The van der Waals surface area contributed by atoms with E-state index < -0.39 is 12.1 Å². The third kappa shape index (κ3) is 5.21. The summed E-state index contributed by atoms with van der Waals surface area (Å²) in [6.07, 6.45) is -4.90. The maximum absolute atomic E-state index is 13.0. The first kappa shape index (κ1) is 19.8. The standard InChI is InChI=1S/C15H14BrF4N3OS/c1-9-13(25-11-4-2-10(17)3-5-11)12(8-16)22-23(9)7-6-21-14(24)15(18,19)20/h2-5H,6-8H2,1H3,(H,21,24). The molecule has 0 bridgehead atoms. The molecule has 136 valence electrons. The van der Waals surface area contributed by atoms with Gasteiger partial charge in [0, 0.05) is 22.5 Å². The number of aromatic nitrogens is 2. The molecule has 0 aliphatic heterocycles. The minimum absolute atomic E-state index is 0.109. The Labute approximate surface area is 154 Å². The van der Waals surface area contributed by atoms with Gasteiger partial charge in [0.25, 0.3) is 0 Å². The Morgan fingerprint density at radius 2 is 1.96 bits per heavy atom. The fraction of sp³-hybridized carbons (Fsp3) is 0.333. The van der Waals surface area contributed by atoms with E-state index in [0.29, 0.717) is 11.0 Å². The predicted molar refractivity (Wildman–Crippen MR) is 89.2 cm³/mol. The van der Waals surface area contributed by atoms with Crippen molar-refractivity contribution in [1.82, 2.24) is 15.1 Å². The molecule has 0 radical (unpaired) electrons. The van der Waals surface area contributed by atoms with Crippen LogP contribution in [-0.2, 0) is 16.7 Å². The summed E-state index contributed by atoms with van der Waals surface area (Å²) in [5, 5.41) is 6.62. The Morgan fingerprint density at radius 3 is 2.52 bits per heavy atom. The highest BCUT2D eigenvalue weighted by Crippen LogP contribution is 2.34. The van der Waals surface area contributed by atoms with Gasteiger partial charge in [0.05, 0.1) is 17.1 Å². The lowest BCUT2D eigenvalue weighted by Gasteiger charge is -2.09. The van der Waals surface area contributed by atoms with Crippen LogP contribution in [0.3, 0.4) is 0 Å². The number of hydrogen-bond acceptors (Lipinski definition) is 3. The van der Waals surface area contributed by atoms with Crippen LogP contribution in [-0.4, -0.2) is 28.4 Å². The van der Waals surface area contributed by atoms with Crippen LogP contribution in [0.15, 0.2) is 34.1 Å². The molecule has 0 atom stereocenters. The van der Waals surface area contributed by atoms with E-state index in [4.69, 9.17) is 0 Å². The largest absolute Gasteiger partial charge is 0.471 e. The maximum Gasteiger partial charge on any atom is 0.471 e. The van der Waals surface area contributed by atoms with Crippen LogP contribution in [0.5, 0.6) is 0 Å². The van der Waals surface area contributed by atoms with Crippen LogP contribution < -0.4 is 5.32 Å². The summed E-state index contributed by atoms with van der Waals surface area (Å²) in [7, 11) is 0. The van der Waals surface area contributed by atoms with Gasteiger partial charge in [-0.25, -0.2) is 4.39 Å². The summed E-state index contributed by atoms with van der Waals surface area (Å²) in [4.78, 5) is 12.5. The number of amides is 1. The molecule has 1 N–H and O–H groups in total. The Hall–Kier alpha value is -1.55. The van der Waals surface area contributed by atoms with Crippen molar-refractivity contribution in [3.05, 3.63) is 41.5 Å². The molecule has 4 nitrogen and oxygen atoms in total. The third-order valence-corrected chi connectivity index (χ3v) is 5.02. The van der Waals surface area contributed by atoms with E-state index in [1.807, 2.05) is 5.32 Å². The summed E-state index contributed by atoms with van der Waals surface area (Å²) in [5.41, 5.74) is 1.47. The van der Waals surface area contributed by atoms with Crippen molar-refractivity contribution in [1.29, 1.82) is 0 Å². The van der Waals surface area contributed by atoms with Gasteiger partial charge in [-0.15, -0.1) is 0 Å². The molecular weight excluding hydrogens is 426 g/mol. The van der Waals surface area contributed by atoms with Crippen molar-refractivity contribution < 1.29 is 22.4 Å². The summed E-state index contributed by atoms with van der Waals surface area (Å²) < 4.78 is 51.1. The highest BCUT2D eigenvalue weighted by atomic mass is 79.9. The number of halogens is 5. The maximum atomic E-state index is 13.0. The normalized spacial score (nSPS) is 11.6. The molecule has 0 saturated heterocycles. The van der Waals surface area contributed by atoms with Gasteiger partial charge in [0.1, 0.15) is 5.82 Å². The van der Waals surface area contributed by atoms with E-state index in [-0.39, 0.29) is 18.9 Å². The minimum atomic E-state index is -4.90. The Kier molecular flexibility index (Phi) is 6.50. The zero-order chi connectivity index (χ0) is 18.6. The Bertz CT molecular complexity index is 746. The van der Waals surface area contributed by atoms with Crippen LogP contribution in [0.1, 0.15) is 11.4 Å². The fourth-order valence-electron chi connectivity index (χ4n) is 2.03. The molecule has 0 aliphatic carbocycles. The van der Waals surface area contributed by atoms with Gasteiger partial charge in [0.2, 0.25) is 0 Å². The fourth-order valence-corrected chi connectivity index (χ4v) is 3.60. The number of nitrogens with zero attached hydrogens (tertiary/aromatic N) is 2. The summed E-state index contributed by atoms with van der Waals surface area (Å²) in [6.45, 7) is 1.71. The molecule has 0 saturated carbocycles. The van der Waals surface area contributed by atoms with Gasteiger partial charge in [-0.1, -0.05) is 27.7 Å². The van der Waals surface area contributed by atoms with Crippen LogP contribution in [0.2, 0.25) is 0 Å². The van der Waals surface area contributed by atoms with Crippen molar-refractivity contribution >= 4 is 33.6 Å². The highest BCUT2D eigenvalue weighted by molar-refractivity contribution is 9.08. The first-order valence-corrected chi connectivity index (χ1v) is 9.07. The van der Waals surface area contributed by atoms with E-state index in [1.54, 1.807) is 23.7 Å². The lowest BCUT2D eigenvalue weighted by molar-refractivity contribution is -0.173. The third-order valence-electron chi connectivity index (χ3n) is 3.25. The number of carbonyl (C=O) groups is 1. The monoisotopic (exact) mass is 439 g/mol. The molecule has 1 heterocycles. The molecule has 1 aromatic heterocycles. The zero-order valence-electron chi connectivity index (χ0n) is 13.0. The van der Waals surface area contributed by atoms with Crippen molar-refractivity contribution in [2.24, 2.45) is 0 Å². The molecule has 1 amide bonds. The SMILES string of the molecule is Cc1c(Sc2ccc(F)cc2)c(CBr)nn1CCNC(=O)C(F)(F)F. The quantitative estimate of drug-likeness (QED) is 0.545. The average molecular weight is 440 g/mol. The number of rotatable bonds is 6. The van der Waals surface area contributed by atoms with Gasteiger partial charge in [-0.3, -0.25) is 9.48 Å². The van der Waals surface area contributed by atoms with E-state index >= 15 is 0 Å².